The number of aromatic nitrogens is 2. The summed E-state index contributed by atoms with van der Waals surface area (Å²) < 4.78 is 40.2. The standard InChI is InChI=1S/C13H12FN3O3S/c14-12-7-10(3-1-2-6-18)4-5-13(12)21(19,20)17-11-8-15-16-9-11/h4-5,7-9,17-18H,2,6H2,(H,15,16). The van der Waals surface area contributed by atoms with Crippen molar-refractivity contribution in [1.82, 2.24) is 10.2 Å². The van der Waals surface area contributed by atoms with Gasteiger partial charge in [0.25, 0.3) is 10.0 Å². The fourth-order valence-corrected chi connectivity index (χ4v) is 2.63. The Labute approximate surface area is 121 Å². The third-order valence-electron chi connectivity index (χ3n) is 2.44. The number of hydrogen-bond acceptors (Lipinski definition) is 4. The molecule has 110 valence electrons. The van der Waals surface area contributed by atoms with Gasteiger partial charge < -0.3 is 5.11 Å². The first-order valence-corrected chi connectivity index (χ1v) is 7.42. The van der Waals surface area contributed by atoms with Gasteiger partial charge >= 0.3 is 0 Å². The quantitative estimate of drug-likeness (QED) is 0.737. The topological polar surface area (TPSA) is 95.1 Å². The molecule has 1 aromatic carbocycles. The number of benzene rings is 1. The van der Waals surface area contributed by atoms with Gasteiger partial charge in [0.1, 0.15) is 10.7 Å². The Morgan fingerprint density at radius 1 is 1.43 bits per heavy atom. The second-order valence-electron chi connectivity index (χ2n) is 4.01. The molecule has 0 saturated carbocycles. The first-order chi connectivity index (χ1) is 10.0. The zero-order chi connectivity index (χ0) is 15.3. The lowest BCUT2D eigenvalue weighted by Crippen LogP contribution is -2.14. The first kappa shape index (κ1) is 15.0. The van der Waals surface area contributed by atoms with Crippen molar-refractivity contribution in [3.63, 3.8) is 0 Å². The molecule has 0 aliphatic rings. The normalized spacial score (nSPS) is 10.8. The lowest BCUT2D eigenvalue weighted by Gasteiger charge is -2.07. The monoisotopic (exact) mass is 309 g/mol. The molecule has 2 aromatic rings. The number of sulfonamides is 1. The van der Waals surface area contributed by atoms with Crippen LogP contribution >= 0.6 is 0 Å². The van der Waals surface area contributed by atoms with Crippen LogP contribution in [0.1, 0.15) is 12.0 Å². The van der Waals surface area contributed by atoms with Crippen molar-refractivity contribution >= 4 is 15.7 Å². The average Bonchev–Trinajstić information content (AvgIpc) is 2.91. The lowest BCUT2D eigenvalue weighted by molar-refractivity contribution is 0.305. The van der Waals surface area contributed by atoms with Gasteiger partial charge in [0.05, 0.1) is 18.5 Å². The van der Waals surface area contributed by atoms with Crippen molar-refractivity contribution in [3.8, 4) is 11.8 Å². The van der Waals surface area contributed by atoms with E-state index in [0.29, 0.717) is 5.56 Å². The molecular weight excluding hydrogens is 297 g/mol. The number of rotatable bonds is 4. The number of anilines is 1. The van der Waals surface area contributed by atoms with E-state index < -0.39 is 20.7 Å². The van der Waals surface area contributed by atoms with E-state index in [1.165, 1.54) is 18.5 Å². The van der Waals surface area contributed by atoms with E-state index in [2.05, 4.69) is 26.8 Å². The second kappa shape index (κ2) is 6.39. The highest BCUT2D eigenvalue weighted by atomic mass is 32.2. The molecule has 0 atom stereocenters. The van der Waals surface area contributed by atoms with E-state index in [0.717, 1.165) is 12.1 Å². The summed E-state index contributed by atoms with van der Waals surface area (Å²) in [6.45, 7) is -0.0867. The summed E-state index contributed by atoms with van der Waals surface area (Å²) in [4.78, 5) is -0.476. The molecule has 6 nitrogen and oxygen atoms in total. The van der Waals surface area contributed by atoms with E-state index in [1.807, 2.05) is 0 Å². The maximum absolute atomic E-state index is 13.9. The minimum absolute atomic E-state index is 0.0867. The molecule has 1 heterocycles. The van der Waals surface area contributed by atoms with E-state index in [4.69, 9.17) is 5.11 Å². The van der Waals surface area contributed by atoms with Gasteiger partial charge in [-0.15, -0.1) is 0 Å². The van der Waals surface area contributed by atoms with Gasteiger partial charge in [-0.25, -0.2) is 12.8 Å². The number of hydrogen-bond donors (Lipinski definition) is 3. The van der Waals surface area contributed by atoms with Gasteiger partial charge in [-0.2, -0.15) is 5.10 Å². The van der Waals surface area contributed by atoms with E-state index in [1.54, 1.807) is 0 Å². The molecule has 2 rings (SSSR count). The van der Waals surface area contributed by atoms with Crippen molar-refractivity contribution < 1.29 is 17.9 Å². The van der Waals surface area contributed by atoms with Crippen LogP contribution in [0.25, 0.3) is 0 Å². The van der Waals surface area contributed by atoms with Crippen LogP contribution in [-0.4, -0.2) is 30.3 Å². The molecular formula is C13H12FN3O3S. The van der Waals surface area contributed by atoms with Gasteiger partial charge in [0.15, 0.2) is 0 Å². The molecule has 8 heteroatoms. The van der Waals surface area contributed by atoms with Crippen LogP contribution in [0.15, 0.2) is 35.5 Å². The van der Waals surface area contributed by atoms with Crippen LogP contribution in [0.3, 0.4) is 0 Å². The number of nitrogens with zero attached hydrogens (tertiary/aromatic N) is 1. The number of halogens is 1. The molecule has 0 aliphatic heterocycles. The Balaban J connectivity index is 2.26. The molecule has 1 aromatic heterocycles. The lowest BCUT2D eigenvalue weighted by atomic mass is 10.2. The molecule has 0 radical (unpaired) electrons. The molecule has 3 N–H and O–H groups in total. The van der Waals surface area contributed by atoms with Crippen molar-refractivity contribution in [2.45, 2.75) is 11.3 Å². The molecule has 0 bridgehead atoms. The number of aliphatic hydroxyl groups is 1. The van der Waals surface area contributed by atoms with Crippen LogP contribution < -0.4 is 4.72 Å². The largest absolute Gasteiger partial charge is 0.395 e. The van der Waals surface area contributed by atoms with Gasteiger partial charge in [0, 0.05) is 18.2 Å². The minimum atomic E-state index is -4.03. The number of H-pyrrole nitrogens is 1. The van der Waals surface area contributed by atoms with Gasteiger partial charge in [0.2, 0.25) is 0 Å². The van der Waals surface area contributed by atoms with Crippen LogP contribution in [-0.2, 0) is 10.0 Å². The summed E-state index contributed by atoms with van der Waals surface area (Å²) in [7, 11) is -4.03. The Kier molecular flexibility index (Phi) is 4.57. The SMILES string of the molecule is O=S(=O)(Nc1cn[nH]c1)c1ccc(C#CCCO)cc1F. The Morgan fingerprint density at radius 2 is 2.24 bits per heavy atom. The highest BCUT2D eigenvalue weighted by Crippen LogP contribution is 2.19. The summed E-state index contributed by atoms with van der Waals surface area (Å²) in [6, 6.07) is 3.58. The summed E-state index contributed by atoms with van der Waals surface area (Å²) in [5.41, 5.74) is 0.546. The highest BCUT2D eigenvalue weighted by Gasteiger charge is 2.19. The fourth-order valence-electron chi connectivity index (χ4n) is 1.53. The summed E-state index contributed by atoms with van der Waals surface area (Å²) in [5.74, 6) is 4.36. The van der Waals surface area contributed by atoms with Crippen LogP contribution in [0, 0.1) is 17.7 Å². The van der Waals surface area contributed by atoms with Crippen molar-refractivity contribution in [2.75, 3.05) is 11.3 Å². The second-order valence-corrected chi connectivity index (χ2v) is 5.66. The van der Waals surface area contributed by atoms with Crippen molar-refractivity contribution in [2.24, 2.45) is 0 Å². The summed E-state index contributed by atoms with van der Waals surface area (Å²) in [6.07, 6.45) is 2.87. The Morgan fingerprint density at radius 3 is 2.86 bits per heavy atom. The van der Waals surface area contributed by atoms with Gasteiger partial charge in [-0.05, 0) is 18.2 Å². The molecule has 21 heavy (non-hydrogen) atoms. The third kappa shape index (κ3) is 3.81. The van der Waals surface area contributed by atoms with Crippen LogP contribution in [0.5, 0.6) is 0 Å². The fraction of sp³-hybridized carbons (Fsp3) is 0.154. The Hall–Kier alpha value is -2.37. The van der Waals surface area contributed by atoms with Crippen molar-refractivity contribution in [3.05, 3.63) is 42.0 Å². The minimum Gasteiger partial charge on any atom is -0.395 e. The first-order valence-electron chi connectivity index (χ1n) is 5.94. The number of aliphatic hydroxyl groups excluding tert-OH is 1. The number of aromatic amines is 1. The third-order valence-corrected chi connectivity index (χ3v) is 3.86. The highest BCUT2D eigenvalue weighted by molar-refractivity contribution is 7.92. The summed E-state index contributed by atoms with van der Waals surface area (Å²) >= 11 is 0. The molecule has 0 saturated heterocycles. The molecule has 0 amide bonds. The van der Waals surface area contributed by atoms with Gasteiger partial charge in [-0.3, -0.25) is 9.82 Å². The zero-order valence-electron chi connectivity index (χ0n) is 10.8. The molecule has 0 spiro atoms. The average molecular weight is 309 g/mol. The molecule has 0 fully saturated rings. The van der Waals surface area contributed by atoms with E-state index in [-0.39, 0.29) is 18.7 Å². The predicted molar refractivity (Wildman–Crippen MR) is 74.4 cm³/mol. The maximum atomic E-state index is 13.9. The van der Waals surface area contributed by atoms with Gasteiger partial charge in [-0.1, -0.05) is 11.8 Å². The smallest absolute Gasteiger partial charge is 0.264 e. The van der Waals surface area contributed by atoms with Crippen molar-refractivity contribution in [1.29, 1.82) is 0 Å². The number of nitrogens with one attached hydrogen (secondary N) is 2. The zero-order valence-corrected chi connectivity index (χ0v) is 11.6. The molecule has 0 aliphatic carbocycles. The molecule has 0 unspecified atom stereocenters. The maximum Gasteiger partial charge on any atom is 0.264 e. The Bertz CT molecular complexity index is 777. The van der Waals surface area contributed by atoms with E-state index >= 15 is 0 Å². The van der Waals surface area contributed by atoms with Crippen LogP contribution in [0.4, 0.5) is 10.1 Å². The predicted octanol–water partition coefficient (Wildman–Crippen LogP) is 1.08. The van der Waals surface area contributed by atoms with E-state index in [9.17, 15) is 12.8 Å². The van der Waals surface area contributed by atoms with Crippen LogP contribution in [0.2, 0.25) is 0 Å². The summed E-state index contributed by atoms with van der Waals surface area (Å²) in [5, 5.41) is 14.6.